The first-order valence-electron chi connectivity index (χ1n) is 6.99. The summed E-state index contributed by atoms with van der Waals surface area (Å²) in [7, 11) is 0. The van der Waals surface area contributed by atoms with E-state index in [9.17, 15) is 8.78 Å². The lowest BCUT2D eigenvalue weighted by Crippen LogP contribution is -2.31. The van der Waals surface area contributed by atoms with E-state index in [-0.39, 0.29) is 11.9 Å². The fraction of sp³-hybridized carbons (Fsp3) is 0.600. The van der Waals surface area contributed by atoms with Crippen LogP contribution in [0, 0.1) is 30.4 Å². The molecule has 1 aromatic rings. The van der Waals surface area contributed by atoms with Gasteiger partial charge in [-0.05, 0) is 50.3 Å². The van der Waals surface area contributed by atoms with E-state index in [1.807, 2.05) is 0 Å². The zero-order chi connectivity index (χ0) is 13.4. The fourth-order valence-electron chi connectivity index (χ4n) is 2.83. The summed E-state index contributed by atoms with van der Waals surface area (Å²) in [6.45, 7) is 3.46. The lowest BCUT2D eigenvalue weighted by molar-refractivity contribution is 0.114. The maximum Gasteiger partial charge on any atom is 0.200 e. The van der Waals surface area contributed by atoms with E-state index in [0.717, 1.165) is 32.4 Å². The predicted octanol–water partition coefficient (Wildman–Crippen LogP) is 3.04. The maximum absolute atomic E-state index is 13.9. The van der Waals surface area contributed by atoms with Gasteiger partial charge in [-0.3, -0.25) is 0 Å². The Bertz CT molecular complexity index is 467. The monoisotopic (exact) mass is 267 g/mol. The van der Waals surface area contributed by atoms with Crippen LogP contribution in [-0.4, -0.2) is 19.2 Å². The molecule has 1 aliphatic carbocycles. The molecule has 0 amide bonds. The highest BCUT2D eigenvalue weighted by molar-refractivity contribution is 5.30. The Hall–Kier alpha value is -1.16. The summed E-state index contributed by atoms with van der Waals surface area (Å²) in [5.41, 5.74) is 0.315. The quantitative estimate of drug-likeness (QED) is 0.905. The first-order valence-corrected chi connectivity index (χ1v) is 6.99. The van der Waals surface area contributed by atoms with Gasteiger partial charge in [-0.25, -0.2) is 4.39 Å². The molecule has 1 unspecified atom stereocenters. The van der Waals surface area contributed by atoms with Crippen molar-refractivity contribution in [3.05, 3.63) is 29.3 Å². The van der Waals surface area contributed by atoms with Gasteiger partial charge in [-0.2, -0.15) is 4.39 Å². The van der Waals surface area contributed by atoms with Crippen molar-refractivity contribution in [2.24, 2.45) is 11.8 Å². The van der Waals surface area contributed by atoms with Gasteiger partial charge < -0.3 is 10.1 Å². The number of halogens is 2. The maximum atomic E-state index is 13.9. The highest BCUT2D eigenvalue weighted by atomic mass is 19.2. The van der Waals surface area contributed by atoms with Crippen LogP contribution in [0.15, 0.2) is 12.1 Å². The van der Waals surface area contributed by atoms with Crippen LogP contribution in [0.1, 0.15) is 24.8 Å². The van der Waals surface area contributed by atoms with Gasteiger partial charge in [0.1, 0.15) is 6.10 Å². The van der Waals surface area contributed by atoms with Gasteiger partial charge in [0, 0.05) is 12.5 Å². The van der Waals surface area contributed by atoms with Crippen molar-refractivity contribution in [1.82, 2.24) is 5.32 Å². The summed E-state index contributed by atoms with van der Waals surface area (Å²) in [6.07, 6.45) is 3.34. The second-order valence-electron chi connectivity index (χ2n) is 5.68. The molecule has 2 atom stereocenters. The summed E-state index contributed by atoms with van der Waals surface area (Å²) in [5, 5.41) is 3.31. The van der Waals surface area contributed by atoms with Crippen molar-refractivity contribution in [3.63, 3.8) is 0 Å². The Morgan fingerprint density at radius 3 is 2.58 bits per heavy atom. The molecule has 0 radical (unpaired) electrons. The smallest absolute Gasteiger partial charge is 0.200 e. The highest BCUT2D eigenvalue weighted by Crippen LogP contribution is 2.40. The first kappa shape index (κ1) is 12.9. The predicted molar refractivity (Wildman–Crippen MR) is 69.2 cm³/mol. The van der Waals surface area contributed by atoms with E-state index < -0.39 is 11.6 Å². The van der Waals surface area contributed by atoms with E-state index in [2.05, 4.69) is 5.32 Å². The highest BCUT2D eigenvalue weighted by Gasteiger charge is 2.39. The molecular formula is C15H19F2NO. The minimum atomic E-state index is -0.850. The van der Waals surface area contributed by atoms with Crippen LogP contribution in [0.2, 0.25) is 0 Å². The molecule has 2 nitrogen and oxygen atoms in total. The fourth-order valence-corrected chi connectivity index (χ4v) is 2.83. The number of hydrogen-bond donors (Lipinski definition) is 1. The topological polar surface area (TPSA) is 21.3 Å². The summed E-state index contributed by atoms with van der Waals surface area (Å²) in [5.74, 6) is -0.662. The zero-order valence-electron chi connectivity index (χ0n) is 11.1. The first-order chi connectivity index (χ1) is 9.16. The van der Waals surface area contributed by atoms with Crippen LogP contribution in [-0.2, 0) is 0 Å². The van der Waals surface area contributed by atoms with Crippen LogP contribution in [0.5, 0.6) is 5.75 Å². The summed E-state index contributed by atoms with van der Waals surface area (Å²) < 4.78 is 33.3. The van der Waals surface area contributed by atoms with Gasteiger partial charge in [-0.15, -0.1) is 0 Å². The average Bonchev–Trinajstić information content (AvgIpc) is 3.10. The molecule has 104 valence electrons. The third-order valence-electron chi connectivity index (χ3n) is 4.15. The number of rotatable bonds is 4. The van der Waals surface area contributed by atoms with Crippen molar-refractivity contribution in [2.45, 2.75) is 32.3 Å². The van der Waals surface area contributed by atoms with Gasteiger partial charge in [0.2, 0.25) is 5.82 Å². The van der Waals surface area contributed by atoms with Crippen molar-refractivity contribution < 1.29 is 13.5 Å². The van der Waals surface area contributed by atoms with Crippen LogP contribution in [0.3, 0.4) is 0 Å². The standard InChI is InChI=1S/C15H19F2NO/c1-9-2-5-12(14(17)13(9)16)19-15(10-3-4-10)11-6-7-18-8-11/h2,5,10-11,15,18H,3-4,6-8H2,1H3/t11-,15?/m0/s1. The SMILES string of the molecule is Cc1ccc(OC(C2CC2)[C@H]2CCNC2)c(F)c1F. The number of benzene rings is 1. The van der Waals surface area contributed by atoms with E-state index in [1.165, 1.54) is 0 Å². The molecule has 0 aromatic heterocycles. The normalized spacial score (nSPS) is 24.5. The number of hydrogen-bond acceptors (Lipinski definition) is 2. The largest absolute Gasteiger partial charge is 0.487 e. The third kappa shape index (κ3) is 2.59. The van der Waals surface area contributed by atoms with Gasteiger partial charge in [-0.1, -0.05) is 6.07 Å². The van der Waals surface area contributed by atoms with E-state index in [0.29, 0.717) is 17.4 Å². The molecule has 1 N–H and O–H groups in total. The number of aryl methyl sites for hydroxylation is 1. The molecule has 19 heavy (non-hydrogen) atoms. The van der Waals surface area contributed by atoms with Gasteiger partial charge in [0.05, 0.1) is 0 Å². The zero-order valence-corrected chi connectivity index (χ0v) is 11.1. The van der Waals surface area contributed by atoms with Gasteiger partial charge in [0.25, 0.3) is 0 Å². The summed E-state index contributed by atoms with van der Waals surface area (Å²) in [4.78, 5) is 0. The van der Waals surface area contributed by atoms with E-state index in [1.54, 1.807) is 19.1 Å². The minimum absolute atomic E-state index is 0.0200. The summed E-state index contributed by atoms with van der Waals surface area (Å²) >= 11 is 0. The molecule has 4 heteroatoms. The second kappa shape index (κ2) is 5.08. The van der Waals surface area contributed by atoms with Crippen molar-refractivity contribution in [1.29, 1.82) is 0 Å². The molecule has 1 heterocycles. The Balaban J connectivity index is 1.80. The molecule has 2 fully saturated rings. The van der Waals surface area contributed by atoms with E-state index >= 15 is 0 Å². The molecular weight excluding hydrogens is 248 g/mol. The van der Waals surface area contributed by atoms with Gasteiger partial charge in [0.15, 0.2) is 11.6 Å². The van der Waals surface area contributed by atoms with Crippen molar-refractivity contribution >= 4 is 0 Å². The number of nitrogens with one attached hydrogen (secondary N) is 1. The molecule has 3 rings (SSSR count). The second-order valence-corrected chi connectivity index (χ2v) is 5.68. The van der Waals surface area contributed by atoms with Crippen LogP contribution in [0.4, 0.5) is 8.78 Å². The minimum Gasteiger partial charge on any atom is -0.487 e. The lowest BCUT2D eigenvalue weighted by atomic mass is 9.97. The average molecular weight is 267 g/mol. The van der Waals surface area contributed by atoms with Crippen LogP contribution in [0.25, 0.3) is 0 Å². The molecule has 1 saturated carbocycles. The Labute approximate surface area is 112 Å². The van der Waals surface area contributed by atoms with Crippen molar-refractivity contribution in [3.8, 4) is 5.75 Å². The summed E-state index contributed by atoms with van der Waals surface area (Å²) in [6, 6.07) is 3.12. The van der Waals surface area contributed by atoms with Crippen LogP contribution >= 0.6 is 0 Å². The molecule has 1 aliphatic heterocycles. The molecule has 1 aromatic carbocycles. The Morgan fingerprint density at radius 2 is 1.95 bits per heavy atom. The lowest BCUT2D eigenvalue weighted by Gasteiger charge is -2.24. The van der Waals surface area contributed by atoms with Gasteiger partial charge >= 0.3 is 0 Å². The number of ether oxygens (including phenoxy) is 1. The third-order valence-corrected chi connectivity index (χ3v) is 4.15. The Kier molecular flexibility index (Phi) is 3.44. The Morgan fingerprint density at radius 1 is 1.16 bits per heavy atom. The molecule has 2 aliphatic rings. The molecule has 0 bridgehead atoms. The molecule has 0 spiro atoms. The van der Waals surface area contributed by atoms with E-state index in [4.69, 9.17) is 4.74 Å². The van der Waals surface area contributed by atoms with Crippen LogP contribution < -0.4 is 10.1 Å². The van der Waals surface area contributed by atoms with Crippen molar-refractivity contribution in [2.75, 3.05) is 13.1 Å². The molecule has 1 saturated heterocycles.